The van der Waals surface area contributed by atoms with Gasteiger partial charge in [0.1, 0.15) is 5.75 Å². The second-order valence-electron chi connectivity index (χ2n) is 4.55. The lowest BCUT2D eigenvalue weighted by atomic mass is 10.3. The number of alkyl halides is 3. The zero-order valence-corrected chi connectivity index (χ0v) is 13.5. The maximum absolute atomic E-state index is 12.2. The van der Waals surface area contributed by atoms with Gasteiger partial charge in [0.2, 0.25) is 0 Å². The number of anilines is 1. The number of rotatable bonds is 5. The molecule has 0 atom stereocenters. The van der Waals surface area contributed by atoms with Gasteiger partial charge in [-0.3, -0.25) is 14.8 Å². The van der Waals surface area contributed by atoms with Gasteiger partial charge in [-0.05, 0) is 30.3 Å². The molecule has 0 unspecified atom stereocenters. The van der Waals surface area contributed by atoms with Gasteiger partial charge in [-0.1, -0.05) is 11.6 Å². The molecule has 0 bridgehead atoms. The Hall–Kier alpha value is -2.53. The number of nitrogens with zero attached hydrogens (tertiary/aromatic N) is 1. The van der Waals surface area contributed by atoms with Gasteiger partial charge in [-0.25, -0.2) is 8.42 Å². The SMILES string of the molecule is O=[N+]([O-])c1ccc(NS(=O)(=O)c2ccc(OC(F)(F)F)cc2)c(Cl)c1. The molecule has 1 N–H and O–H groups in total. The topological polar surface area (TPSA) is 98.5 Å². The average molecular weight is 397 g/mol. The van der Waals surface area contributed by atoms with E-state index in [1.807, 2.05) is 0 Å². The zero-order chi connectivity index (χ0) is 18.8. The normalized spacial score (nSPS) is 11.8. The van der Waals surface area contributed by atoms with E-state index in [0.29, 0.717) is 0 Å². The van der Waals surface area contributed by atoms with Crippen LogP contribution in [0.5, 0.6) is 5.75 Å². The third kappa shape index (κ3) is 4.97. The Morgan fingerprint density at radius 3 is 2.20 bits per heavy atom. The van der Waals surface area contributed by atoms with Crippen LogP contribution in [0.15, 0.2) is 47.4 Å². The van der Waals surface area contributed by atoms with Crippen LogP contribution < -0.4 is 9.46 Å². The van der Waals surface area contributed by atoms with Crippen molar-refractivity contribution in [1.29, 1.82) is 0 Å². The van der Waals surface area contributed by atoms with Gasteiger partial charge >= 0.3 is 6.36 Å². The van der Waals surface area contributed by atoms with Crippen LogP contribution in [0.2, 0.25) is 5.02 Å². The first-order valence-corrected chi connectivity index (χ1v) is 8.17. The first kappa shape index (κ1) is 18.8. The van der Waals surface area contributed by atoms with E-state index in [2.05, 4.69) is 9.46 Å². The number of nitro groups is 1. The molecule has 0 amide bonds. The molecular formula is C13H8ClF3N2O5S. The summed E-state index contributed by atoms with van der Waals surface area (Å²) >= 11 is 5.79. The lowest BCUT2D eigenvalue weighted by molar-refractivity contribution is -0.384. The maximum Gasteiger partial charge on any atom is 0.573 e. The van der Waals surface area contributed by atoms with E-state index in [0.717, 1.165) is 42.5 Å². The molecule has 12 heteroatoms. The molecule has 0 heterocycles. The standard InChI is InChI=1S/C13H8ClF3N2O5S/c14-11-7-8(19(20)21)1-6-12(11)18-25(22,23)10-4-2-9(3-5-10)24-13(15,16)17/h1-7,18H. The van der Waals surface area contributed by atoms with Crippen LogP contribution >= 0.6 is 11.6 Å². The summed E-state index contributed by atoms with van der Waals surface area (Å²) in [6.07, 6.45) is -4.90. The number of non-ortho nitro benzene ring substituents is 1. The molecule has 0 aliphatic rings. The zero-order valence-electron chi connectivity index (χ0n) is 12.0. The molecule has 0 fully saturated rings. The summed E-state index contributed by atoms with van der Waals surface area (Å²) in [5.74, 6) is -0.584. The van der Waals surface area contributed by atoms with Crippen molar-refractivity contribution in [2.45, 2.75) is 11.3 Å². The van der Waals surface area contributed by atoms with Crippen LogP contribution in [0.1, 0.15) is 0 Å². The summed E-state index contributed by atoms with van der Waals surface area (Å²) < 4.78 is 66.4. The highest BCUT2D eigenvalue weighted by Crippen LogP contribution is 2.29. The van der Waals surface area contributed by atoms with Gasteiger partial charge in [0.15, 0.2) is 0 Å². The molecule has 0 aliphatic carbocycles. The number of halogens is 4. The number of ether oxygens (including phenoxy) is 1. The van der Waals surface area contributed by atoms with E-state index in [1.54, 1.807) is 0 Å². The Morgan fingerprint density at radius 1 is 1.12 bits per heavy atom. The quantitative estimate of drug-likeness (QED) is 0.609. The molecule has 2 rings (SSSR count). The van der Waals surface area contributed by atoms with E-state index < -0.39 is 27.1 Å². The minimum Gasteiger partial charge on any atom is -0.406 e. The molecule has 2 aromatic carbocycles. The Labute approximate surface area is 144 Å². The van der Waals surface area contributed by atoms with Crippen LogP contribution in [0.25, 0.3) is 0 Å². The minimum absolute atomic E-state index is 0.122. The fourth-order valence-electron chi connectivity index (χ4n) is 1.72. The lowest BCUT2D eigenvalue weighted by Crippen LogP contribution is -2.17. The molecule has 0 aromatic heterocycles. The van der Waals surface area contributed by atoms with Crippen molar-refractivity contribution in [3.05, 3.63) is 57.6 Å². The van der Waals surface area contributed by atoms with Gasteiger partial charge in [-0.15, -0.1) is 13.2 Å². The molecule has 7 nitrogen and oxygen atoms in total. The Bertz CT molecular complexity index is 901. The summed E-state index contributed by atoms with van der Waals surface area (Å²) in [4.78, 5) is 9.56. The molecule has 0 saturated heterocycles. The van der Waals surface area contributed by atoms with E-state index in [1.165, 1.54) is 0 Å². The first-order chi connectivity index (χ1) is 11.5. The van der Waals surface area contributed by atoms with Crippen LogP contribution in [0.4, 0.5) is 24.5 Å². The van der Waals surface area contributed by atoms with E-state index in [4.69, 9.17) is 11.6 Å². The second-order valence-corrected chi connectivity index (χ2v) is 6.64. The van der Waals surface area contributed by atoms with Crippen LogP contribution in [0.3, 0.4) is 0 Å². The van der Waals surface area contributed by atoms with Gasteiger partial charge in [0, 0.05) is 12.1 Å². The highest BCUT2D eigenvalue weighted by molar-refractivity contribution is 7.92. The van der Waals surface area contributed by atoms with Crippen molar-refractivity contribution in [2.75, 3.05) is 4.72 Å². The Balaban J connectivity index is 2.23. The molecule has 25 heavy (non-hydrogen) atoms. The summed E-state index contributed by atoms with van der Waals surface area (Å²) in [6, 6.07) is 6.58. The number of nitrogens with one attached hydrogen (secondary N) is 1. The van der Waals surface area contributed by atoms with Crippen LogP contribution in [0, 0.1) is 10.1 Å². The van der Waals surface area contributed by atoms with Crippen molar-refractivity contribution in [3.63, 3.8) is 0 Å². The summed E-state index contributed by atoms with van der Waals surface area (Å²) in [5, 5.41) is 10.4. The summed E-state index contributed by atoms with van der Waals surface area (Å²) in [7, 11) is -4.17. The van der Waals surface area contributed by atoms with Gasteiger partial charge in [-0.2, -0.15) is 0 Å². The summed E-state index contributed by atoms with van der Waals surface area (Å²) in [6.45, 7) is 0. The maximum atomic E-state index is 12.2. The lowest BCUT2D eigenvalue weighted by Gasteiger charge is -2.11. The molecule has 0 radical (unpaired) electrons. The predicted molar refractivity (Wildman–Crippen MR) is 82.0 cm³/mol. The van der Waals surface area contributed by atoms with E-state index >= 15 is 0 Å². The molecule has 0 saturated carbocycles. The number of benzene rings is 2. The number of hydrogen-bond donors (Lipinski definition) is 1. The van der Waals surface area contributed by atoms with E-state index in [9.17, 15) is 31.7 Å². The van der Waals surface area contributed by atoms with Crippen molar-refractivity contribution in [1.82, 2.24) is 0 Å². The fourth-order valence-corrected chi connectivity index (χ4v) is 3.08. The van der Waals surface area contributed by atoms with Crippen LogP contribution in [-0.4, -0.2) is 19.7 Å². The van der Waals surface area contributed by atoms with Gasteiger partial charge < -0.3 is 4.74 Å². The first-order valence-electron chi connectivity index (χ1n) is 6.30. The number of sulfonamides is 1. The predicted octanol–water partition coefficient (Wildman–Crippen LogP) is 3.95. The minimum atomic E-state index is -4.90. The van der Waals surface area contributed by atoms with E-state index in [-0.39, 0.29) is 21.3 Å². The molecule has 0 aliphatic heterocycles. The molecular weight excluding hydrogens is 389 g/mol. The monoisotopic (exact) mass is 396 g/mol. The highest BCUT2D eigenvalue weighted by atomic mass is 35.5. The fraction of sp³-hybridized carbons (Fsp3) is 0.0769. The molecule has 0 spiro atoms. The Morgan fingerprint density at radius 2 is 1.72 bits per heavy atom. The van der Waals surface area contributed by atoms with Crippen molar-refractivity contribution in [2.24, 2.45) is 0 Å². The summed E-state index contributed by atoms with van der Waals surface area (Å²) in [5.41, 5.74) is -0.454. The highest BCUT2D eigenvalue weighted by Gasteiger charge is 2.31. The largest absolute Gasteiger partial charge is 0.573 e. The van der Waals surface area contributed by atoms with Crippen LogP contribution in [-0.2, 0) is 10.0 Å². The van der Waals surface area contributed by atoms with Crippen molar-refractivity contribution in [3.8, 4) is 5.75 Å². The average Bonchev–Trinajstić information content (AvgIpc) is 2.48. The number of hydrogen-bond acceptors (Lipinski definition) is 5. The Kier molecular flexibility index (Phi) is 5.09. The van der Waals surface area contributed by atoms with Crippen molar-refractivity contribution < 1.29 is 31.2 Å². The van der Waals surface area contributed by atoms with Crippen molar-refractivity contribution >= 4 is 33.0 Å². The third-order valence-corrected chi connectivity index (χ3v) is 4.47. The number of nitro benzene ring substituents is 1. The smallest absolute Gasteiger partial charge is 0.406 e. The third-order valence-electron chi connectivity index (χ3n) is 2.78. The van der Waals surface area contributed by atoms with Gasteiger partial charge in [0.05, 0.1) is 20.5 Å². The molecule has 134 valence electrons. The molecule has 2 aromatic rings. The van der Waals surface area contributed by atoms with Gasteiger partial charge in [0.25, 0.3) is 15.7 Å². The second kappa shape index (κ2) is 6.76.